The molecular formula is C16H25N3. The van der Waals surface area contributed by atoms with Crippen molar-refractivity contribution in [1.82, 2.24) is 4.90 Å². The maximum Gasteiger partial charge on any atom is 0.0367 e. The first kappa shape index (κ1) is 12.9. The van der Waals surface area contributed by atoms with Crippen molar-refractivity contribution < 1.29 is 0 Å². The fourth-order valence-electron chi connectivity index (χ4n) is 3.39. The van der Waals surface area contributed by atoms with Crippen molar-refractivity contribution >= 4 is 5.69 Å². The summed E-state index contributed by atoms with van der Waals surface area (Å²) in [6.07, 6.45) is 3.75. The van der Waals surface area contributed by atoms with Crippen LogP contribution in [-0.2, 0) is 0 Å². The van der Waals surface area contributed by atoms with Crippen LogP contribution in [0.5, 0.6) is 0 Å². The molecule has 3 nitrogen and oxygen atoms in total. The predicted octanol–water partition coefficient (Wildman–Crippen LogP) is 2.38. The molecule has 0 aromatic heterocycles. The summed E-state index contributed by atoms with van der Waals surface area (Å²) in [7, 11) is 0. The van der Waals surface area contributed by atoms with E-state index >= 15 is 0 Å². The van der Waals surface area contributed by atoms with Crippen LogP contribution in [0.4, 0.5) is 5.69 Å². The molecule has 0 spiro atoms. The lowest BCUT2D eigenvalue weighted by molar-refractivity contribution is 0.231. The average Bonchev–Trinajstić information content (AvgIpc) is 2.94. The molecule has 19 heavy (non-hydrogen) atoms. The fourth-order valence-corrected chi connectivity index (χ4v) is 3.39. The lowest BCUT2D eigenvalue weighted by Crippen LogP contribution is -2.50. The summed E-state index contributed by atoms with van der Waals surface area (Å²) in [5.74, 6) is 0. The number of nitrogens with two attached hydrogens (primary N) is 1. The third-order valence-electron chi connectivity index (χ3n) is 4.71. The Labute approximate surface area is 116 Å². The molecule has 1 aromatic rings. The van der Waals surface area contributed by atoms with Gasteiger partial charge in [-0.05, 0) is 43.5 Å². The number of anilines is 1. The summed E-state index contributed by atoms with van der Waals surface area (Å²) in [6, 6.07) is 9.85. The molecule has 0 bridgehead atoms. The Hall–Kier alpha value is -1.06. The van der Waals surface area contributed by atoms with Gasteiger partial charge in [-0.15, -0.1) is 0 Å². The number of nitrogens with zero attached hydrogens (tertiary/aromatic N) is 2. The van der Waals surface area contributed by atoms with Gasteiger partial charge in [0.25, 0.3) is 0 Å². The van der Waals surface area contributed by atoms with E-state index in [0.717, 1.165) is 19.0 Å². The summed E-state index contributed by atoms with van der Waals surface area (Å²) in [5.41, 5.74) is 8.69. The van der Waals surface area contributed by atoms with Gasteiger partial charge < -0.3 is 10.6 Å². The molecule has 2 atom stereocenters. The molecule has 2 heterocycles. The van der Waals surface area contributed by atoms with E-state index in [1.807, 2.05) is 0 Å². The van der Waals surface area contributed by atoms with Crippen LogP contribution >= 0.6 is 0 Å². The highest BCUT2D eigenvalue weighted by molar-refractivity contribution is 5.48. The summed E-state index contributed by atoms with van der Waals surface area (Å²) in [5, 5.41) is 0. The summed E-state index contributed by atoms with van der Waals surface area (Å²) in [6.45, 7) is 7.02. The molecule has 0 radical (unpaired) electrons. The quantitative estimate of drug-likeness (QED) is 0.904. The smallest absolute Gasteiger partial charge is 0.0367 e. The molecule has 1 aromatic carbocycles. The summed E-state index contributed by atoms with van der Waals surface area (Å²) >= 11 is 0. The first-order valence-electron chi connectivity index (χ1n) is 7.62. The number of hydrogen-bond donors (Lipinski definition) is 1. The van der Waals surface area contributed by atoms with Crippen LogP contribution in [0, 0.1) is 0 Å². The van der Waals surface area contributed by atoms with Crippen molar-refractivity contribution in [3.63, 3.8) is 0 Å². The molecular weight excluding hydrogens is 234 g/mol. The van der Waals surface area contributed by atoms with E-state index in [1.165, 1.54) is 43.7 Å². The second-order valence-corrected chi connectivity index (χ2v) is 5.88. The maximum atomic E-state index is 6.07. The molecule has 2 aliphatic rings. The Morgan fingerprint density at radius 1 is 1.21 bits per heavy atom. The molecule has 3 heteroatoms. The minimum absolute atomic E-state index is 0.181. The fraction of sp³-hybridized carbons (Fsp3) is 0.625. The monoisotopic (exact) mass is 259 g/mol. The molecule has 2 unspecified atom stereocenters. The summed E-state index contributed by atoms with van der Waals surface area (Å²) < 4.78 is 0. The van der Waals surface area contributed by atoms with Gasteiger partial charge in [0.05, 0.1) is 0 Å². The second-order valence-electron chi connectivity index (χ2n) is 5.88. The first-order chi connectivity index (χ1) is 9.28. The van der Waals surface area contributed by atoms with Crippen molar-refractivity contribution in [2.75, 3.05) is 31.1 Å². The van der Waals surface area contributed by atoms with Crippen LogP contribution < -0.4 is 10.6 Å². The molecule has 0 aliphatic carbocycles. The Morgan fingerprint density at radius 3 is 2.74 bits per heavy atom. The number of fused-ring (bicyclic) bond motifs is 1. The first-order valence-corrected chi connectivity index (χ1v) is 7.62. The molecule has 0 amide bonds. The average molecular weight is 259 g/mol. The lowest BCUT2D eigenvalue weighted by atomic mass is 10.0. The molecule has 2 aliphatic heterocycles. The van der Waals surface area contributed by atoms with Crippen LogP contribution in [0.25, 0.3) is 0 Å². The van der Waals surface area contributed by atoms with Crippen molar-refractivity contribution in [3.05, 3.63) is 29.8 Å². The zero-order chi connectivity index (χ0) is 13.2. The largest absolute Gasteiger partial charge is 0.369 e. The van der Waals surface area contributed by atoms with Crippen molar-refractivity contribution in [2.45, 2.75) is 38.3 Å². The van der Waals surface area contributed by atoms with E-state index < -0.39 is 0 Å². The van der Waals surface area contributed by atoms with Gasteiger partial charge in [0, 0.05) is 37.4 Å². The van der Waals surface area contributed by atoms with Crippen LogP contribution in [-0.4, -0.2) is 37.1 Å². The zero-order valence-corrected chi connectivity index (χ0v) is 11.9. The van der Waals surface area contributed by atoms with E-state index in [4.69, 9.17) is 5.73 Å². The van der Waals surface area contributed by atoms with Crippen molar-refractivity contribution in [1.29, 1.82) is 0 Å². The Bertz CT molecular complexity index is 415. The summed E-state index contributed by atoms with van der Waals surface area (Å²) in [4.78, 5) is 5.19. The number of rotatable bonds is 3. The molecule has 104 valence electrons. The van der Waals surface area contributed by atoms with Crippen LogP contribution in [0.1, 0.15) is 37.8 Å². The normalized spacial score (nSPS) is 25.4. The highest BCUT2D eigenvalue weighted by Gasteiger charge is 2.30. The Kier molecular flexibility index (Phi) is 3.76. The van der Waals surface area contributed by atoms with Crippen molar-refractivity contribution in [2.24, 2.45) is 5.73 Å². The Morgan fingerprint density at radius 2 is 2.00 bits per heavy atom. The molecule has 3 rings (SSSR count). The predicted molar refractivity (Wildman–Crippen MR) is 80.5 cm³/mol. The van der Waals surface area contributed by atoms with Gasteiger partial charge in [0.15, 0.2) is 0 Å². The number of hydrogen-bond acceptors (Lipinski definition) is 3. The van der Waals surface area contributed by atoms with Crippen LogP contribution in [0.2, 0.25) is 0 Å². The van der Waals surface area contributed by atoms with Gasteiger partial charge in [0.1, 0.15) is 0 Å². The SMILES string of the molecule is CCC(N)c1ccc(N2CCN3CCCC3C2)cc1. The van der Waals surface area contributed by atoms with E-state index in [1.54, 1.807) is 0 Å². The number of benzene rings is 1. The minimum Gasteiger partial charge on any atom is -0.369 e. The third kappa shape index (κ3) is 2.63. The maximum absolute atomic E-state index is 6.07. The second kappa shape index (κ2) is 5.51. The van der Waals surface area contributed by atoms with E-state index in [2.05, 4.69) is 41.0 Å². The van der Waals surface area contributed by atoms with E-state index in [9.17, 15) is 0 Å². The van der Waals surface area contributed by atoms with Gasteiger partial charge in [0.2, 0.25) is 0 Å². The van der Waals surface area contributed by atoms with Crippen molar-refractivity contribution in [3.8, 4) is 0 Å². The third-order valence-corrected chi connectivity index (χ3v) is 4.71. The van der Waals surface area contributed by atoms with Crippen LogP contribution in [0.3, 0.4) is 0 Å². The minimum atomic E-state index is 0.181. The zero-order valence-electron chi connectivity index (χ0n) is 11.9. The molecule has 0 saturated carbocycles. The molecule has 2 saturated heterocycles. The molecule has 2 N–H and O–H groups in total. The molecule has 2 fully saturated rings. The van der Waals surface area contributed by atoms with Crippen LogP contribution in [0.15, 0.2) is 24.3 Å². The van der Waals surface area contributed by atoms with Gasteiger partial charge in [-0.2, -0.15) is 0 Å². The van der Waals surface area contributed by atoms with E-state index in [0.29, 0.717) is 0 Å². The van der Waals surface area contributed by atoms with Gasteiger partial charge in [-0.3, -0.25) is 4.90 Å². The van der Waals surface area contributed by atoms with Gasteiger partial charge in [-0.1, -0.05) is 19.1 Å². The topological polar surface area (TPSA) is 32.5 Å². The lowest BCUT2D eigenvalue weighted by Gasteiger charge is -2.38. The standard InChI is InChI=1S/C16H25N3/c1-2-16(17)13-5-7-14(8-6-13)19-11-10-18-9-3-4-15(18)12-19/h5-8,15-16H,2-4,9-12,17H2,1H3. The Balaban J connectivity index is 1.69. The highest BCUT2D eigenvalue weighted by Crippen LogP contribution is 2.26. The number of piperazine rings is 1. The van der Waals surface area contributed by atoms with Gasteiger partial charge >= 0.3 is 0 Å². The van der Waals surface area contributed by atoms with Gasteiger partial charge in [-0.25, -0.2) is 0 Å². The van der Waals surface area contributed by atoms with E-state index in [-0.39, 0.29) is 6.04 Å². The highest BCUT2D eigenvalue weighted by atomic mass is 15.3.